The number of methoxy groups -OCH3 is 1. The van der Waals surface area contributed by atoms with Crippen LogP contribution < -0.4 is 15.8 Å². The fourth-order valence-electron chi connectivity index (χ4n) is 2.38. The van der Waals surface area contributed by atoms with E-state index >= 15 is 0 Å². The van der Waals surface area contributed by atoms with E-state index in [2.05, 4.69) is 5.32 Å². The Bertz CT molecular complexity index is 426. The van der Waals surface area contributed by atoms with Crippen molar-refractivity contribution in [3.8, 4) is 5.75 Å². The van der Waals surface area contributed by atoms with Crippen LogP contribution in [0.2, 0.25) is 0 Å². The van der Waals surface area contributed by atoms with Gasteiger partial charge in [-0.2, -0.15) is 0 Å². The molecule has 1 aromatic rings. The predicted molar refractivity (Wildman–Crippen MR) is 71.9 cm³/mol. The molecule has 18 heavy (non-hydrogen) atoms. The molecule has 4 nitrogen and oxygen atoms in total. The monoisotopic (exact) mass is 248 g/mol. The van der Waals surface area contributed by atoms with E-state index in [-0.39, 0.29) is 5.78 Å². The summed E-state index contributed by atoms with van der Waals surface area (Å²) in [5.41, 5.74) is 7.02. The molecule has 98 valence electrons. The lowest BCUT2D eigenvalue weighted by Crippen LogP contribution is -2.29. The van der Waals surface area contributed by atoms with Gasteiger partial charge in [-0.05, 0) is 44.0 Å². The van der Waals surface area contributed by atoms with Crippen LogP contribution in [0.1, 0.15) is 29.6 Å². The Hall–Kier alpha value is -1.55. The summed E-state index contributed by atoms with van der Waals surface area (Å²) in [6.07, 6.45) is 2.74. The number of benzene rings is 1. The van der Waals surface area contributed by atoms with Gasteiger partial charge in [0.25, 0.3) is 0 Å². The van der Waals surface area contributed by atoms with Crippen LogP contribution in [-0.4, -0.2) is 26.0 Å². The maximum Gasteiger partial charge on any atom is 0.165 e. The molecular weight excluding hydrogens is 228 g/mol. The van der Waals surface area contributed by atoms with Crippen molar-refractivity contribution in [2.24, 2.45) is 5.92 Å². The Labute approximate surface area is 108 Å². The molecule has 0 bridgehead atoms. The van der Waals surface area contributed by atoms with Crippen molar-refractivity contribution in [3.05, 3.63) is 23.8 Å². The highest BCUT2D eigenvalue weighted by Crippen LogP contribution is 2.24. The number of rotatable bonds is 4. The lowest BCUT2D eigenvalue weighted by Gasteiger charge is -2.22. The quantitative estimate of drug-likeness (QED) is 0.630. The van der Waals surface area contributed by atoms with Crippen molar-refractivity contribution in [1.82, 2.24) is 5.32 Å². The molecule has 0 atom stereocenters. The molecule has 1 saturated heterocycles. The summed E-state index contributed by atoms with van der Waals surface area (Å²) >= 11 is 0. The lowest BCUT2D eigenvalue weighted by molar-refractivity contribution is 0.0953. The maximum absolute atomic E-state index is 12.2. The van der Waals surface area contributed by atoms with Crippen molar-refractivity contribution in [2.45, 2.75) is 19.3 Å². The van der Waals surface area contributed by atoms with Gasteiger partial charge in [0.05, 0.1) is 7.11 Å². The second kappa shape index (κ2) is 5.87. The van der Waals surface area contributed by atoms with E-state index in [1.54, 1.807) is 25.3 Å². The highest BCUT2D eigenvalue weighted by atomic mass is 16.5. The maximum atomic E-state index is 12.2. The molecule has 0 spiro atoms. The van der Waals surface area contributed by atoms with E-state index in [1.165, 1.54) is 0 Å². The Morgan fingerprint density at radius 1 is 1.44 bits per heavy atom. The minimum atomic E-state index is 0.141. The van der Waals surface area contributed by atoms with Gasteiger partial charge in [0, 0.05) is 23.7 Å². The fourth-order valence-corrected chi connectivity index (χ4v) is 2.38. The Morgan fingerprint density at radius 3 is 2.78 bits per heavy atom. The topological polar surface area (TPSA) is 64.3 Å². The Kier molecular flexibility index (Phi) is 4.20. The molecule has 2 rings (SSSR count). The lowest BCUT2D eigenvalue weighted by atomic mass is 9.90. The smallest absolute Gasteiger partial charge is 0.165 e. The molecule has 4 heteroatoms. The number of anilines is 1. The molecule has 1 heterocycles. The van der Waals surface area contributed by atoms with E-state index in [4.69, 9.17) is 10.5 Å². The highest BCUT2D eigenvalue weighted by molar-refractivity contribution is 6.01. The molecule has 1 aliphatic heterocycles. The Balaban J connectivity index is 2.03. The molecule has 0 radical (unpaired) electrons. The minimum absolute atomic E-state index is 0.141. The van der Waals surface area contributed by atoms with Crippen molar-refractivity contribution >= 4 is 11.5 Å². The number of ketones is 1. The van der Waals surface area contributed by atoms with Crippen LogP contribution >= 0.6 is 0 Å². The molecule has 0 amide bonds. The van der Waals surface area contributed by atoms with Gasteiger partial charge in [0.1, 0.15) is 5.75 Å². The van der Waals surface area contributed by atoms with Crippen LogP contribution in [0, 0.1) is 5.92 Å². The average Bonchev–Trinajstić information content (AvgIpc) is 2.39. The zero-order valence-corrected chi connectivity index (χ0v) is 10.7. The third kappa shape index (κ3) is 3.01. The second-order valence-electron chi connectivity index (χ2n) is 4.77. The molecule has 0 aromatic heterocycles. The number of carbonyl (C=O) groups is 1. The van der Waals surface area contributed by atoms with Gasteiger partial charge in [0.15, 0.2) is 5.78 Å². The fraction of sp³-hybridized carbons (Fsp3) is 0.500. The first kappa shape index (κ1) is 12.9. The number of Topliss-reactive ketones (excluding diaryl/α,β-unsaturated/α-hetero) is 1. The van der Waals surface area contributed by atoms with Crippen molar-refractivity contribution in [1.29, 1.82) is 0 Å². The van der Waals surface area contributed by atoms with E-state index in [0.717, 1.165) is 25.9 Å². The number of carbonyl (C=O) groups excluding carboxylic acids is 1. The number of ether oxygens (including phenoxy) is 1. The number of nitrogens with two attached hydrogens (primary N) is 1. The molecule has 3 N–H and O–H groups in total. The molecular formula is C14H20N2O2. The number of nitrogen functional groups attached to an aromatic ring is 1. The second-order valence-corrected chi connectivity index (χ2v) is 4.77. The van der Waals surface area contributed by atoms with Crippen molar-refractivity contribution in [2.75, 3.05) is 25.9 Å². The normalized spacial score (nSPS) is 16.5. The summed E-state index contributed by atoms with van der Waals surface area (Å²) in [6, 6.07) is 5.25. The molecule has 1 aromatic carbocycles. The third-order valence-corrected chi connectivity index (χ3v) is 3.49. The summed E-state index contributed by atoms with van der Waals surface area (Å²) in [4.78, 5) is 12.2. The first-order chi connectivity index (χ1) is 8.70. The first-order valence-corrected chi connectivity index (χ1v) is 6.38. The number of piperidine rings is 1. The summed E-state index contributed by atoms with van der Waals surface area (Å²) in [6.45, 7) is 2.02. The third-order valence-electron chi connectivity index (χ3n) is 3.49. The summed E-state index contributed by atoms with van der Waals surface area (Å²) in [5, 5.41) is 3.30. The summed E-state index contributed by atoms with van der Waals surface area (Å²) < 4.78 is 5.08. The van der Waals surface area contributed by atoms with Crippen LogP contribution in [0.5, 0.6) is 5.75 Å². The van der Waals surface area contributed by atoms with Gasteiger partial charge in [-0.15, -0.1) is 0 Å². The highest BCUT2D eigenvalue weighted by Gasteiger charge is 2.19. The molecule has 0 aliphatic carbocycles. The molecule has 1 fully saturated rings. The van der Waals surface area contributed by atoms with Gasteiger partial charge in [-0.1, -0.05) is 0 Å². The number of hydrogen-bond donors (Lipinski definition) is 2. The number of nitrogens with one attached hydrogen (secondary N) is 1. The van der Waals surface area contributed by atoms with Crippen molar-refractivity contribution in [3.63, 3.8) is 0 Å². The van der Waals surface area contributed by atoms with E-state index in [0.29, 0.717) is 29.3 Å². The van der Waals surface area contributed by atoms with Crippen LogP contribution in [0.3, 0.4) is 0 Å². The molecule has 0 saturated carbocycles. The largest absolute Gasteiger partial charge is 0.497 e. The van der Waals surface area contributed by atoms with Gasteiger partial charge >= 0.3 is 0 Å². The standard InChI is InChI=1S/C14H20N2O2/c1-18-11-2-3-12(13(15)9-11)14(17)8-10-4-6-16-7-5-10/h2-3,9-10,16H,4-8,15H2,1H3. The van der Waals surface area contributed by atoms with Gasteiger partial charge in [0.2, 0.25) is 0 Å². The first-order valence-electron chi connectivity index (χ1n) is 6.38. The predicted octanol–water partition coefficient (Wildman–Crippen LogP) is 1.85. The molecule has 1 aliphatic rings. The average molecular weight is 248 g/mol. The van der Waals surface area contributed by atoms with E-state index in [1.807, 2.05) is 0 Å². The molecule has 0 unspecified atom stereocenters. The summed E-state index contributed by atoms with van der Waals surface area (Å²) in [7, 11) is 1.59. The van der Waals surface area contributed by atoms with E-state index < -0.39 is 0 Å². The van der Waals surface area contributed by atoms with Crippen LogP contribution in [0.4, 0.5) is 5.69 Å². The van der Waals surface area contributed by atoms with Crippen LogP contribution in [0.15, 0.2) is 18.2 Å². The van der Waals surface area contributed by atoms with E-state index in [9.17, 15) is 4.79 Å². The van der Waals surface area contributed by atoms with Gasteiger partial charge < -0.3 is 15.8 Å². The van der Waals surface area contributed by atoms with Gasteiger partial charge in [-0.25, -0.2) is 0 Å². The Morgan fingerprint density at radius 2 is 2.17 bits per heavy atom. The van der Waals surface area contributed by atoms with Crippen molar-refractivity contribution < 1.29 is 9.53 Å². The zero-order chi connectivity index (χ0) is 13.0. The zero-order valence-electron chi connectivity index (χ0n) is 10.7. The van der Waals surface area contributed by atoms with Gasteiger partial charge in [-0.3, -0.25) is 4.79 Å². The van der Waals surface area contributed by atoms with Crippen LogP contribution in [0.25, 0.3) is 0 Å². The van der Waals surface area contributed by atoms with Crippen LogP contribution in [-0.2, 0) is 0 Å². The number of hydrogen-bond acceptors (Lipinski definition) is 4. The summed E-state index contributed by atoms with van der Waals surface area (Å²) in [5.74, 6) is 1.31. The minimum Gasteiger partial charge on any atom is -0.497 e. The SMILES string of the molecule is COc1ccc(C(=O)CC2CCNCC2)c(N)c1.